The molecular formula is C18H26ClN3O2S. The molecule has 0 unspecified atom stereocenters. The third-order valence-corrected chi connectivity index (χ3v) is 5.32. The predicted octanol–water partition coefficient (Wildman–Crippen LogP) is 3.30. The maximum atomic E-state index is 11.5. The summed E-state index contributed by atoms with van der Waals surface area (Å²) in [7, 11) is 1.69. The molecule has 1 aromatic rings. The van der Waals surface area contributed by atoms with Gasteiger partial charge in [-0.25, -0.2) is 0 Å². The summed E-state index contributed by atoms with van der Waals surface area (Å²) in [6, 6.07) is 6.09. The SMILES string of the molecule is COCCN(C(=S)Nc1ccc(Cl)c(C)c1)C1CCN(C(C)=O)CC1. The lowest BCUT2D eigenvalue weighted by Gasteiger charge is -2.39. The second-order valence-electron chi connectivity index (χ2n) is 6.32. The highest BCUT2D eigenvalue weighted by Crippen LogP contribution is 2.22. The highest BCUT2D eigenvalue weighted by molar-refractivity contribution is 7.80. The van der Waals surface area contributed by atoms with Gasteiger partial charge in [0.15, 0.2) is 5.11 Å². The number of nitrogens with zero attached hydrogens (tertiary/aromatic N) is 2. The number of hydrogen-bond donors (Lipinski definition) is 1. The Morgan fingerprint density at radius 2 is 2.12 bits per heavy atom. The minimum atomic E-state index is 0.138. The average Bonchev–Trinajstić information content (AvgIpc) is 2.59. The first-order chi connectivity index (χ1) is 11.9. The Bertz CT molecular complexity index is 618. The fourth-order valence-electron chi connectivity index (χ4n) is 3.05. The average molecular weight is 384 g/mol. The number of methoxy groups -OCH3 is 1. The van der Waals surface area contributed by atoms with E-state index in [9.17, 15) is 4.79 Å². The van der Waals surface area contributed by atoms with Crippen molar-refractivity contribution in [1.82, 2.24) is 9.80 Å². The number of piperidine rings is 1. The number of anilines is 1. The van der Waals surface area contributed by atoms with Crippen LogP contribution in [0.2, 0.25) is 5.02 Å². The number of carbonyl (C=O) groups excluding carboxylic acids is 1. The Morgan fingerprint density at radius 1 is 1.44 bits per heavy atom. The molecule has 138 valence electrons. The van der Waals surface area contributed by atoms with Crippen LogP contribution < -0.4 is 5.32 Å². The first kappa shape index (κ1) is 19.9. The summed E-state index contributed by atoms with van der Waals surface area (Å²) < 4.78 is 5.25. The number of carbonyl (C=O) groups is 1. The van der Waals surface area contributed by atoms with Crippen LogP contribution in [0.15, 0.2) is 18.2 Å². The maximum Gasteiger partial charge on any atom is 0.219 e. The Morgan fingerprint density at radius 3 is 2.68 bits per heavy atom. The van der Waals surface area contributed by atoms with Crippen LogP contribution in [-0.2, 0) is 9.53 Å². The van der Waals surface area contributed by atoms with Crippen LogP contribution in [0.25, 0.3) is 0 Å². The molecule has 1 amide bonds. The highest BCUT2D eigenvalue weighted by Gasteiger charge is 2.27. The van der Waals surface area contributed by atoms with E-state index < -0.39 is 0 Å². The smallest absolute Gasteiger partial charge is 0.219 e. The molecule has 1 fully saturated rings. The molecule has 0 atom stereocenters. The molecule has 1 aromatic carbocycles. The lowest BCUT2D eigenvalue weighted by atomic mass is 10.0. The van der Waals surface area contributed by atoms with E-state index in [1.807, 2.05) is 30.0 Å². The molecule has 1 aliphatic rings. The Hall–Kier alpha value is -1.37. The number of aryl methyl sites for hydroxylation is 1. The monoisotopic (exact) mass is 383 g/mol. The molecule has 0 aromatic heterocycles. The van der Waals surface area contributed by atoms with Gasteiger partial charge in [-0.2, -0.15) is 0 Å². The van der Waals surface area contributed by atoms with Crippen molar-refractivity contribution < 1.29 is 9.53 Å². The number of halogens is 1. The molecule has 2 rings (SSSR count). The van der Waals surface area contributed by atoms with Gasteiger partial charge in [-0.15, -0.1) is 0 Å². The summed E-state index contributed by atoms with van der Waals surface area (Å²) in [6.07, 6.45) is 1.81. The van der Waals surface area contributed by atoms with Crippen LogP contribution in [0.3, 0.4) is 0 Å². The molecule has 1 heterocycles. The van der Waals surface area contributed by atoms with Crippen molar-refractivity contribution in [2.24, 2.45) is 0 Å². The molecule has 0 aliphatic carbocycles. The number of rotatable bonds is 5. The quantitative estimate of drug-likeness (QED) is 0.790. The fourth-order valence-corrected chi connectivity index (χ4v) is 3.53. The molecular weight excluding hydrogens is 358 g/mol. The minimum absolute atomic E-state index is 0.138. The van der Waals surface area contributed by atoms with Gasteiger partial charge >= 0.3 is 0 Å². The second-order valence-corrected chi connectivity index (χ2v) is 7.11. The molecule has 0 spiro atoms. The zero-order valence-electron chi connectivity index (χ0n) is 15.0. The van der Waals surface area contributed by atoms with Crippen molar-refractivity contribution in [3.63, 3.8) is 0 Å². The molecule has 0 saturated carbocycles. The Kier molecular flexibility index (Phi) is 7.47. The van der Waals surface area contributed by atoms with E-state index in [1.165, 1.54) is 0 Å². The normalized spacial score (nSPS) is 15.1. The van der Waals surface area contributed by atoms with Gasteiger partial charge < -0.3 is 19.9 Å². The number of benzene rings is 1. The van der Waals surface area contributed by atoms with E-state index in [4.69, 9.17) is 28.6 Å². The zero-order valence-corrected chi connectivity index (χ0v) is 16.6. The lowest BCUT2D eigenvalue weighted by molar-refractivity contribution is -0.130. The van der Waals surface area contributed by atoms with E-state index in [2.05, 4.69) is 10.2 Å². The van der Waals surface area contributed by atoms with E-state index in [1.54, 1.807) is 14.0 Å². The van der Waals surface area contributed by atoms with Gasteiger partial charge in [-0.1, -0.05) is 11.6 Å². The second kappa shape index (κ2) is 9.36. The standard InChI is InChI=1S/C18H26ClN3O2S/c1-13-12-15(4-5-17(13)19)20-18(25)22(10-11-24-3)16-6-8-21(9-7-16)14(2)23/h4-5,12,16H,6-11H2,1-3H3,(H,20,25). The van der Waals surface area contributed by atoms with Gasteiger partial charge in [0.2, 0.25) is 5.91 Å². The van der Waals surface area contributed by atoms with Crippen LogP contribution in [-0.4, -0.2) is 60.2 Å². The van der Waals surface area contributed by atoms with Crippen molar-refractivity contribution in [2.45, 2.75) is 32.7 Å². The summed E-state index contributed by atoms with van der Waals surface area (Å²) in [6.45, 7) is 6.46. The van der Waals surface area contributed by atoms with Crippen LogP contribution in [0, 0.1) is 6.92 Å². The molecule has 1 saturated heterocycles. The number of thiocarbonyl (C=S) groups is 1. The summed E-state index contributed by atoms with van der Waals surface area (Å²) in [5.41, 5.74) is 1.93. The lowest BCUT2D eigenvalue weighted by Crippen LogP contribution is -2.50. The highest BCUT2D eigenvalue weighted by atomic mass is 35.5. The first-order valence-corrected chi connectivity index (χ1v) is 9.29. The van der Waals surface area contributed by atoms with E-state index >= 15 is 0 Å². The number of nitrogens with one attached hydrogen (secondary N) is 1. The largest absolute Gasteiger partial charge is 0.383 e. The van der Waals surface area contributed by atoms with E-state index in [0.29, 0.717) is 17.8 Å². The number of ether oxygens (including phenoxy) is 1. The summed E-state index contributed by atoms with van der Waals surface area (Å²) in [5, 5.41) is 4.73. The topological polar surface area (TPSA) is 44.8 Å². The minimum Gasteiger partial charge on any atom is -0.383 e. The number of likely N-dealkylation sites (tertiary alicyclic amines) is 1. The molecule has 1 aliphatic heterocycles. The maximum absolute atomic E-state index is 11.5. The van der Waals surface area contributed by atoms with Crippen molar-refractivity contribution in [1.29, 1.82) is 0 Å². The molecule has 7 heteroatoms. The van der Waals surface area contributed by atoms with Gasteiger partial charge in [0.1, 0.15) is 0 Å². The van der Waals surface area contributed by atoms with Crippen molar-refractivity contribution in [3.05, 3.63) is 28.8 Å². The van der Waals surface area contributed by atoms with Gasteiger partial charge in [0.25, 0.3) is 0 Å². The van der Waals surface area contributed by atoms with Crippen LogP contribution in [0.5, 0.6) is 0 Å². The molecule has 0 radical (unpaired) electrons. The first-order valence-electron chi connectivity index (χ1n) is 8.50. The van der Waals surface area contributed by atoms with Crippen LogP contribution in [0.1, 0.15) is 25.3 Å². The van der Waals surface area contributed by atoms with Gasteiger partial charge in [0.05, 0.1) is 6.61 Å². The van der Waals surface area contributed by atoms with E-state index in [0.717, 1.165) is 48.7 Å². The molecule has 5 nitrogen and oxygen atoms in total. The summed E-state index contributed by atoms with van der Waals surface area (Å²) >= 11 is 11.7. The van der Waals surface area contributed by atoms with Gasteiger partial charge in [-0.05, 0) is 55.7 Å². The summed E-state index contributed by atoms with van der Waals surface area (Å²) in [5.74, 6) is 0.138. The Balaban J connectivity index is 2.04. The third-order valence-electron chi connectivity index (χ3n) is 4.56. The predicted molar refractivity (Wildman–Crippen MR) is 106 cm³/mol. The molecule has 25 heavy (non-hydrogen) atoms. The summed E-state index contributed by atoms with van der Waals surface area (Å²) in [4.78, 5) is 15.6. The van der Waals surface area contributed by atoms with Crippen molar-refractivity contribution in [3.8, 4) is 0 Å². The van der Waals surface area contributed by atoms with Crippen molar-refractivity contribution in [2.75, 3.05) is 38.7 Å². The van der Waals surface area contributed by atoms with Crippen LogP contribution >= 0.6 is 23.8 Å². The molecule has 0 bridgehead atoms. The number of hydrogen-bond acceptors (Lipinski definition) is 3. The van der Waals surface area contributed by atoms with E-state index in [-0.39, 0.29) is 5.91 Å². The Labute approximate surface area is 160 Å². The van der Waals surface area contributed by atoms with Gasteiger partial charge in [0, 0.05) is 50.4 Å². The van der Waals surface area contributed by atoms with Crippen molar-refractivity contribution >= 4 is 40.5 Å². The van der Waals surface area contributed by atoms with Crippen LogP contribution in [0.4, 0.5) is 5.69 Å². The third kappa shape index (κ3) is 5.56. The zero-order chi connectivity index (χ0) is 18.4. The van der Waals surface area contributed by atoms with Gasteiger partial charge in [-0.3, -0.25) is 4.79 Å². The number of amides is 1. The molecule has 1 N–H and O–H groups in total. The fraction of sp³-hybridized carbons (Fsp3) is 0.556.